The number of hydrogen-bond donors (Lipinski definition) is 2. The predicted molar refractivity (Wildman–Crippen MR) is 124 cm³/mol. The Morgan fingerprint density at radius 2 is 1.92 bits per heavy atom. The van der Waals surface area contributed by atoms with Crippen LogP contribution in [-0.2, 0) is 6.42 Å². The molecule has 0 fully saturated rings. The molecule has 0 radical (unpaired) electrons. The largest absolute Gasteiger partial charge is 0.384 e. The Morgan fingerprint density at radius 1 is 1.06 bits per heavy atom. The SMILES string of the molecule is Nc1ccc(-c2nc(F)c(C3CCc4nc(-c5cc(Cl)ccc5-n5cnnn5)cc(=O)n43)[nH]2)c(F)n1. The number of nitrogen functional groups attached to an aromatic ring is 1. The molecule has 1 aliphatic heterocycles. The molecule has 1 unspecified atom stereocenters. The number of pyridine rings is 1. The highest BCUT2D eigenvalue weighted by molar-refractivity contribution is 6.31. The quantitative estimate of drug-likeness (QED) is 0.352. The monoisotopic (exact) mass is 508 g/mol. The Morgan fingerprint density at radius 3 is 2.69 bits per heavy atom. The van der Waals surface area contributed by atoms with Crippen LogP contribution in [0, 0.1) is 11.9 Å². The van der Waals surface area contributed by atoms with Gasteiger partial charge in [0.05, 0.1) is 28.7 Å². The molecule has 1 atom stereocenters. The number of rotatable bonds is 4. The first-order valence-electron chi connectivity index (χ1n) is 10.7. The summed E-state index contributed by atoms with van der Waals surface area (Å²) in [4.78, 5) is 28.1. The summed E-state index contributed by atoms with van der Waals surface area (Å²) >= 11 is 6.22. The summed E-state index contributed by atoms with van der Waals surface area (Å²) in [6.45, 7) is 0. The first kappa shape index (κ1) is 22.0. The number of fused-ring (bicyclic) bond motifs is 1. The number of nitrogens with zero attached hydrogens (tertiary/aromatic N) is 8. The van der Waals surface area contributed by atoms with Gasteiger partial charge in [0.2, 0.25) is 11.9 Å². The topological polar surface area (TPSA) is 146 Å². The van der Waals surface area contributed by atoms with E-state index >= 15 is 0 Å². The molecule has 5 aromatic rings. The van der Waals surface area contributed by atoms with E-state index in [0.717, 1.165) is 0 Å². The number of hydrogen-bond acceptors (Lipinski definition) is 8. The van der Waals surface area contributed by atoms with Gasteiger partial charge in [-0.15, -0.1) is 5.10 Å². The number of aryl methyl sites for hydroxylation is 1. The van der Waals surface area contributed by atoms with Gasteiger partial charge in [-0.1, -0.05) is 11.6 Å². The van der Waals surface area contributed by atoms with Gasteiger partial charge in [0.15, 0.2) is 0 Å². The maximum absolute atomic E-state index is 14.9. The lowest BCUT2D eigenvalue weighted by Gasteiger charge is -2.14. The minimum Gasteiger partial charge on any atom is -0.384 e. The van der Waals surface area contributed by atoms with Crippen molar-refractivity contribution >= 4 is 17.4 Å². The van der Waals surface area contributed by atoms with Crippen LogP contribution in [0.2, 0.25) is 5.02 Å². The van der Waals surface area contributed by atoms with Crippen LogP contribution in [0.15, 0.2) is 47.5 Å². The molecular weight excluding hydrogens is 494 g/mol. The van der Waals surface area contributed by atoms with Crippen LogP contribution < -0.4 is 11.3 Å². The van der Waals surface area contributed by atoms with Crippen LogP contribution >= 0.6 is 11.6 Å². The zero-order valence-electron chi connectivity index (χ0n) is 18.2. The highest BCUT2D eigenvalue weighted by Gasteiger charge is 2.31. The Bertz CT molecular complexity index is 1680. The van der Waals surface area contributed by atoms with E-state index in [-0.39, 0.29) is 22.9 Å². The second-order valence-corrected chi connectivity index (χ2v) is 8.54. The molecule has 0 bridgehead atoms. The number of anilines is 1. The van der Waals surface area contributed by atoms with Gasteiger partial charge in [-0.3, -0.25) is 9.36 Å². The molecular formula is C22H15ClF2N10O. The third-order valence-electron chi connectivity index (χ3n) is 5.95. The van der Waals surface area contributed by atoms with E-state index in [0.29, 0.717) is 40.6 Å². The molecule has 0 saturated carbocycles. The van der Waals surface area contributed by atoms with Crippen molar-refractivity contribution < 1.29 is 8.78 Å². The number of aromatic amines is 1. The number of nitrogens with two attached hydrogens (primary N) is 1. The summed E-state index contributed by atoms with van der Waals surface area (Å²) in [6.07, 6.45) is 2.21. The molecule has 0 spiro atoms. The molecule has 11 nitrogen and oxygen atoms in total. The van der Waals surface area contributed by atoms with E-state index < -0.39 is 23.5 Å². The Balaban J connectivity index is 1.42. The number of H-pyrrole nitrogens is 1. The van der Waals surface area contributed by atoms with Crippen LogP contribution in [0.3, 0.4) is 0 Å². The fraction of sp³-hybridized carbons (Fsp3) is 0.136. The average Bonchev–Trinajstić information content (AvgIpc) is 3.59. The van der Waals surface area contributed by atoms with Gasteiger partial charge < -0.3 is 10.7 Å². The first-order chi connectivity index (χ1) is 17.4. The number of aromatic nitrogens is 9. The van der Waals surface area contributed by atoms with Crippen molar-refractivity contribution in [2.24, 2.45) is 0 Å². The highest BCUT2D eigenvalue weighted by atomic mass is 35.5. The maximum Gasteiger partial charge on any atom is 0.254 e. The third kappa shape index (κ3) is 3.60. The molecule has 6 rings (SSSR count). The smallest absolute Gasteiger partial charge is 0.254 e. The fourth-order valence-corrected chi connectivity index (χ4v) is 4.55. The van der Waals surface area contributed by atoms with E-state index in [1.54, 1.807) is 18.2 Å². The van der Waals surface area contributed by atoms with Gasteiger partial charge in [0.25, 0.3) is 5.56 Å². The molecule has 1 aromatic carbocycles. The Hall–Kier alpha value is -4.52. The zero-order chi connectivity index (χ0) is 25.0. The third-order valence-corrected chi connectivity index (χ3v) is 6.19. The lowest BCUT2D eigenvalue weighted by molar-refractivity contribution is 0.513. The van der Waals surface area contributed by atoms with E-state index in [9.17, 15) is 13.6 Å². The van der Waals surface area contributed by atoms with Crippen molar-refractivity contribution in [2.75, 3.05) is 5.73 Å². The minimum absolute atomic E-state index is 0.00963. The predicted octanol–water partition coefficient (Wildman–Crippen LogP) is 2.72. The molecule has 0 saturated heterocycles. The van der Waals surface area contributed by atoms with Crippen molar-refractivity contribution in [3.05, 3.63) is 81.5 Å². The molecule has 180 valence electrons. The van der Waals surface area contributed by atoms with E-state index in [4.69, 9.17) is 17.3 Å². The van der Waals surface area contributed by atoms with Gasteiger partial charge >= 0.3 is 0 Å². The number of halogens is 3. The van der Waals surface area contributed by atoms with E-state index in [1.807, 2.05) is 0 Å². The number of imidazole rings is 1. The lowest BCUT2D eigenvalue weighted by atomic mass is 10.1. The van der Waals surface area contributed by atoms with Crippen LogP contribution in [0.25, 0.3) is 28.3 Å². The molecule has 4 aromatic heterocycles. The van der Waals surface area contributed by atoms with Gasteiger partial charge in [-0.05, 0) is 47.2 Å². The molecule has 0 aliphatic carbocycles. The van der Waals surface area contributed by atoms with Gasteiger partial charge in [0, 0.05) is 23.1 Å². The zero-order valence-corrected chi connectivity index (χ0v) is 19.0. The van der Waals surface area contributed by atoms with Crippen molar-refractivity contribution in [2.45, 2.75) is 18.9 Å². The molecule has 14 heteroatoms. The van der Waals surface area contributed by atoms with Crippen LogP contribution in [0.5, 0.6) is 0 Å². The Kier molecular flexibility index (Phi) is 5.07. The normalized spacial score (nSPS) is 14.8. The lowest BCUT2D eigenvalue weighted by Crippen LogP contribution is -2.25. The van der Waals surface area contributed by atoms with Gasteiger partial charge in [-0.2, -0.15) is 18.4 Å². The number of tetrazole rings is 1. The van der Waals surface area contributed by atoms with Crippen molar-refractivity contribution in [1.82, 2.24) is 44.7 Å². The van der Waals surface area contributed by atoms with Crippen molar-refractivity contribution in [1.29, 1.82) is 0 Å². The second kappa shape index (κ2) is 8.30. The summed E-state index contributed by atoms with van der Waals surface area (Å²) in [7, 11) is 0. The van der Waals surface area contributed by atoms with Crippen LogP contribution in [0.4, 0.5) is 14.6 Å². The van der Waals surface area contributed by atoms with Crippen LogP contribution in [-0.4, -0.2) is 44.7 Å². The van der Waals surface area contributed by atoms with E-state index in [2.05, 4.69) is 35.5 Å². The number of nitrogens with one attached hydrogen (secondary N) is 1. The molecule has 36 heavy (non-hydrogen) atoms. The summed E-state index contributed by atoms with van der Waals surface area (Å²) in [5.74, 6) is -1.33. The maximum atomic E-state index is 14.9. The highest BCUT2D eigenvalue weighted by Crippen LogP contribution is 2.34. The summed E-state index contributed by atoms with van der Waals surface area (Å²) in [6, 6.07) is 8.46. The van der Waals surface area contributed by atoms with Crippen LogP contribution in [0.1, 0.15) is 24.0 Å². The molecule has 0 amide bonds. The van der Waals surface area contributed by atoms with Crippen molar-refractivity contribution in [3.63, 3.8) is 0 Å². The Labute approximate surface area is 205 Å². The van der Waals surface area contributed by atoms with Gasteiger partial charge in [-0.25, -0.2) is 9.97 Å². The summed E-state index contributed by atoms with van der Waals surface area (Å²) in [5.41, 5.74) is 6.62. The van der Waals surface area contributed by atoms with E-state index in [1.165, 1.54) is 33.8 Å². The number of benzene rings is 1. The minimum atomic E-state index is -0.884. The molecule has 3 N–H and O–H groups in total. The fourth-order valence-electron chi connectivity index (χ4n) is 4.38. The standard InChI is InChI=1S/C22H15ClF2N10O/c23-10-1-3-14(34-9-27-32-33-34)12(7-10)13-8-18(36)35-15(4-6-17(35)28-13)19-21(25)31-22(30-19)11-2-5-16(26)29-20(11)24/h1-3,5,7-9,15H,4,6H2,(H2,26,29)(H,30,31). The first-order valence-corrected chi connectivity index (χ1v) is 11.1. The van der Waals surface area contributed by atoms with Gasteiger partial charge in [0.1, 0.15) is 23.8 Å². The average molecular weight is 509 g/mol. The summed E-state index contributed by atoms with van der Waals surface area (Å²) in [5, 5.41) is 11.7. The molecule has 1 aliphatic rings. The second-order valence-electron chi connectivity index (χ2n) is 8.10. The summed E-state index contributed by atoms with van der Waals surface area (Å²) < 4.78 is 32.0. The molecule has 5 heterocycles. The van der Waals surface area contributed by atoms with Crippen molar-refractivity contribution in [3.8, 4) is 28.3 Å².